The zero-order valence-electron chi connectivity index (χ0n) is 12.4. The first kappa shape index (κ1) is 13.9. The van der Waals surface area contributed by atoms with E-state index in [1.165, 1.54) is 16.7 Å². The van der Waals surface area contributed by atoms with E-state index < -0.39 is 0 Å². The van der Waals surface area contributed by atoms with Gasteiger partial charge in [0.2, 0.25) is 0 Å². The number of hydrogen-bond donors (Lipinski definition) is 1. The molecule has 0 fully saturated rings. The number of benzene rings is 1. The summed E-state index contributed by atoms with van der Waals surface area (Å²) in [6.45, 7) is 4.27. The standard InChI is InChI=1S/C16H18N4S/c1-11-6-12(2)8-13(7-11)10-21-16-15-18-4-5-20(15)9-14(17-3)19-16/h4-9,17H,10H2,1-3H3. The number of rotatable bonds is 4. The van der Waals surface area contributed by atoms with Gasteiger partial charge in [-0.3, -0.25) is 0 Å². The lowest BCUT2D eigenvalue weighted by atomic mass is 10.1. The fraction of sp³-hybridized carbons (Fsp3) is 0.250. The largest absolute Gasteiger partial charge is 0.372 e. The topological polar surface area (TPSA) is 42.2 Å². The van der Waals surface area contributed by atoms with Crippen LogP contribution >= 0.6 is 11.8 Å². The van der Waals surface area contributed by atoms with Crippen molar-refractivity contribution in [1.29, 1.82) is 0 Å². The molecular weight excluding hydrogens is 280 g/mol. The molecule has 0 aliphatic heterocycles. The third kappa shape index (κ3) is 3.03. The van der Waals surface area contributed by atoms with Crippen LogP contribution in [-0.2, 0) is 5.75 Å². The summed E-state index contributed by atoms with van der Waals surface area (Å²) in [4.78, 5) is 9.01. The molecule has 0 bridgehead atoms. The average Bonchev–Trinajstić information content (AvgIpc) is 2.91. The van der Waals surface area contributed by atoms with Gasteiger partial charge in [0.1, 0.15) is 10.8 Å². The zero-order chi connectivity index (χ0) is 14.8. The quantitative estimate of drug-likeness (QED) is 0.746. The first-order chi connectivity index (χ1) is 10.2. The molecular formula is C16H18N4S. The number of fused-ring (bicyclic) bond motifs is 1. The fourth-order valence-electron chi connectivity index (χ4n) is 2.42. The Morgan fingerprint density at radius 2 is 1.95 bits per heavy atom. The van der Waals surface area contributed by atoms with Crippen LogP contribution in [0.15, 0.2) is 41.8 Å². The number of nitrogens with zero attached hydrogens (tertiary/aromatic N) is 3. The molecule has 0 saturated carbocycles. The maximum absolute atomic E-state index is 4.62. The Labute approximate surface area is 128 Å². The Bertz CT molecular complexity index is 759. The van der Waals surface area contributed by atoms with Gasteiger partial charge in [-0.2, -0.15) is 0 Å². The molecule has 0 saturated heterocycles. The van der Waals surface area contributed by atoms with E-state index in [0.717, 1.165) is 22.2 Å². The minimum atomic E-state index is 0.850. The number of thioether (sulfide) groups is 1. The van der Waals surface area contributed by atoms with Crippen LogP contribution in [0.2, 0.25) is 0 Å². The highest BCUT2D eigenvalue weighted by Crippen LogP contribution is 2.26. The minimum absolute atomic E-state index is 0.850. The van der Waals surface area contributed by atoms with Gasteiger partial charge in [-0.25, -0.2) is 9.97 Å². The number of imidazole rings is 1. The SMILES string of the molecule is CNc1cn2ccnc2c(SCc2cc(C)cc(C)c2)n1. The highest BCUT2D eigenvalue weighted by molar-refractivity contribution is 7.98. The summed E-state index contributed by atoms with van der Waals surface area (Å²) in [5, 5.41) is 4.04. The monoisotopic (exact) mass is 298 g/mol. The zero-order valence-corrected chi connectivity index (χ0v) is 13.2. The Balaban J connectivity index is 1.89. The molecule has 2 heterocycles. The molecule has 3 aromatic rings. The maximum Gasteiger partial charge on any atom is 0.169 e. The van der Waals surface area contributed by atoms with Gasteiger partial charge >= 0.3 is 0 Å². The van der Waals surface area contributed by atoms with Crippen LogP contribution in [0, 0.1) is 13.8 Å². The maximum atomic E-state index is 4.62. The van der Waals surface area contributed by atoms with Gasteiger partial charge in [0.05, 0.1) is 6.20 Å². The van der Waals surface area contributed by atoms with Crippen LogP contribution in [0.3, 0.4) is 0 Å². The molecule has 0 radical (unpaired) electrons. The smallest absolute Gasteiger partial charge is 0.169 e. The lowest BCUT2D eigenvalue weighted by Gasteiger charge is -2.08. The summed E-state index contributed by atoms with van der Waals surface area (Å²) in [6, 6.07) is 6.65. The molecule has 0 amide bonds. The number of nitrogens with one attached hydrogen (secondary N) is 1. The van der Waals surface area contributed by atoms with Crippen molar-refractivity contribution >= 4 is 23.2 Å². The number of aromatic nitrogens is 3. The number of hydrogen-bond acceptors (Lipinski definition) is 4. The number of aryl methyl sites for hydroxylation is 2. The normalized spacial score (nSPS) is 11.0. The van der Waals surface area contributed by atoms with Gasteiger partial charge in [0.15, 0.2) is 5.65 Å². The summed E-state index contributed by atoms with van der Waals surface area (Å²) < 4.78 is 2.00. The van der Waals surface area contributed by atoms with Crippen LogP contribution in [0.5, 0.6) is 0 Å². The predicted octanol–water partition coefficient (Wildman–Crippen LogP) is 3.68. The van der Waals surface area contributed by atoms with Gasteiger partial charge in [0, 0.05) is 25.2 Å². The molecule has 0 aliphatic carbocycles. The van der Waals surface area contributed by atoms with Crippen molar-refractivity contribution in [2.45, 2.75) is 24.6 Å². The molecule has 1 N–H and O–H groups in total. The van der Waals surface area contributed by atoms with Crippen LogP contribution in [0.1, 0.15) is 16.7 Å². The molecule has 0 unspecified atom stereocenters. The Morgan fingerprint density at radius 3 is 2.67 bits per heavy atom. The van der Waals surface area contributed by atoms with Gasteiger partial charge < -0.3 is 9.72 Å². The fourth-order valence-corrected chi connectivity index (χ4v) is 3.34. The molecule has 108 valence electrons. The Hall–Kier alpha value is -2.01. The van der Waals surface area contributed by atoms with Gasteiger partial charge in [-0.05, 0) is 19.4 Å². The van der Waals surface area contributed by atoms with Gasteiger partial charge in [-0.1, -0.05) is 41.1 Å². The van der Waals surface area contributed by atoms with Crippen molar-refractivity contribution in [2.24, 2.45) is 0 Å². The van der Waals surface area contributed by atoms with Crippen LogP contribution in [0.4, 0.5) is 5.82 Å². The molecule has 21 heavy (non-hydrogen) atoms. The second kappa shape index (κ2) is 5.77. The summed E-state index contributed by atoms with van der Waals surface area (Å²) in [5.74, 6) is 1.74. The molecule has 5 heteroatoms. The average molecular weight is 298 g/mol. The molecule has 0 atom stereocenters. The van der Waals surface area contributed by atoms with Crippen molar-refractivity contribution in [3.8, 4) is 0 Å². The molecule has 4 nitrogen and oxygen atoms in total. The van der Waals surface area contributed by atoms with Crippen molar-refractivity contribution in [3.63, 3.8) is 0 Å². The lowest BCUT2D eigenvalue weighted by Crippen LogP contribution is -1.98. The van der Waals surface area contributed by atoms with E-state index in [1.807, 2.05) is 23.8 Å². The summed E-state index contributed by atoms with van der Waals surface area (Å²) in [6.07, 6.45) is 5.69. The van der Waals surface area contributed by atoms with E-state index in [-0.39, 0.29) is 0 Å². The van der Waals surface area contributed by atoms with Crippen molar-refractivity contribution < 1.29 is 0 Å². The highest BCUT2D eigenvalue weighted by Gasteiger charge is 2.08. The van der Waals surface area contributed by atoms with Crippen LogP contribution < -0.4 is 5.32 Å². The van der Waals surface area contributed by atoms with Gasteiger partial charge in [0.25, 0.3) is 0 Å². The Kier molecular flexibility index (Phi) is 3.84. The highest BCUT2D eigenvalue weighted by atomic mass is 32.2. The summed E-state index contributed by atoms with van der Waals surface area (Å²) in [5.41, 5.74) is 4.82. The van der Waals surface area contributed by atoms with Crippen LogP contribution in [0.25, 0.3) is 5.65 Å². The second-order valence-electron chi connectivity index (χ2n) is 5.12. The predicted molar refractivity (Wildman–Crippen MR) is 88.0 cm³/mol. The third-order valence-electron chi connectivity index (χ3n) is 3.26. The summed E-state index contributed by atoms with van der Waals surface area (Å²) in [7, 11) is 1.88. The summed E-state index contributed by atoms with van der Waals surface area (Å²) >= 11 is 1.72. The van der Waals surface area contributed by atoms with Crippen molar-refractivity contribution in [1.82, 2.24) is 14.4 Å². The molecule has 0 aliphatic rings. The van der Waals surface area contributed by atoms with Crippen molar-refractivity contribution in [2.75, 3.05) is 12.4 Å². The van der Waals surface area contributed by atoms with E-state index >= 15 is 0 Å². The first-order valence-electron chi connectivity index (χ1n) is 6.87. The number of anilines is 1. The Morgan fingerprint density at radius 1 is 1.19 bits per heavy atom. The molecule has 1 aromatic carbocycles. The molecule has 3 rings (SSSR count). The van der Waals surface area contributed by atoms with Crippen LogP contribution in [-0.4, -0.2) is 21.4 Å². The lowest BCUT2D eigenvalue weighted by molar-refractivity contribution is 1.03. The van der Waals surface area contributed by atoms with E-state index in [4.69, 9.17) is 0 Å². The van der Waals surface area contributed by atoms with Gasteiger partial charge in [-0.15, -0.1) is 0 Å². The third-order valence-corrected chi connectivity index (χ3v) is 4.28. The van der Waals surface area contributed by atoms with E-state index in [2.05, 4.69) is 47.3 Å². The first-order valence-corrected chi connectivity index (χ1v) is 7.86. The van der Waals surface area contributed by atoms with E-state index in [9.17, 15) is 0 Å². The molecule has 0 spiro atoms. The second-order valence-corrected chi connectivity index (χ2v) is 6.09. The van der Waals surface area contributed by atoms with E-state index in [1.54, 1.807) is 18.0 Å². The van der Waals surface area contributed by atoms with Crippen molar-refractivity contribution in [3.05, 3.63) is 53.5 Å². The minimum Gasteiger partial charge on any atom is -0.372 e. The van der Waals surface area contributed by atoms with E-state index in [0.29, 0.717) is 0 Å². The molecule has 2 aromatic heterocycles.